The van der Waals surface area contributed by atoms with Crippen LogP contribution < -0.4 is 0 Å². The largest absolute Gasteiger partial charge is 0.744 e. The summed E-state index contributed by atoms with van der Waals surface area (Å²) in [4.78, 5) is 24.2. The van der Waals surface area contributed by atoms with Gasteiger partial charge < -0.3 is 9.11 Å². The lowest BCUT2D eigenvalue weighted by Crippen LogP contribution is -2.03. The number of nitro groups is 2. The molecule has 0 atom stereocenters. The quantitative estimate of drug-likeness (QED) is 0.121. The van der Waals surface area contributed by atoms with E-state index < -0.39 is 39.9 Å². The van der Waals surface area contributed by atoms with Crippen molar-refractivity contribution in [1.82, 2.24) is 0 Å². The average Bonchev–Trinajstić information content (AvgIpc) is 2.92. The highest BCUT2D eigenvalue weighted by atomic mass is 32.2. The van der Waals surface area contributed by atoms with Crippen LogP contribution >= 0.6 is 0 Å². The lowest BCUT2D eigenvalue weighted by Gasteiger charge is -2.14. The zero-order chi connectivity index (χ0) is 31.8. The lowest BCUT2D eigenvalue weighted by molar-refractivity contribution is -0.385. The molecule has 18 heteroatoms. The second-order valence-corrected chi connectivity index (χ2v) is 10.9. The minimum atomic E-state index is -4.74. The lowest BCUT2D eigenvalue weighted by atomic mass is 10.1. The van der Waals surface area contributed by atoms with Crippen LogP contribution in [-0.2, 0) is 20.2 Å². The van der Waals surface area contributed by atoms with Gasteiger partial charge in [0.1, 0.15) is 32.4 Å². The molecule has 4 rings (SSSR count). The molecule has 0 radical (unpaired) electrons. The van der Waals surface area contributed by atoms with Crippen molar-refractivity contribution < 1.29 is 35.8 Å². The van der Waals surface area contributed by atoms with Crippen LogP contribution in [0.3, 0.4) is 0 Å². The molecular weight excluding hydrogens is 596 g/mol. The molecule has 0 aromatic heterocycles. The molecule has 0 aliphatic carbocycles. The molecule has 16 nitrogen and oxygen atoms in total. The fourth-order valence-electron chi connectivity index (χ4n) is 3.33. The first kappa shape index (κ1) is 32.8. The molecule has 0 unspecified atom stereocenters. The maximum absolute atomic E-state index is 11.0. The number of hydrogen-bond donors (Lipinski definition) is 0. The second kappa shape index (κ2) is 13.3. The van der Waals surface area contributed by atoms with E-state index in [2.05, 4.69) is 9.95 Å². The van der Waals surface area contributed by atoms with Crippen LogP contribution in [0.15, 0.2) is 82.6 Å². The second-order valence-electron chi connectivity index (χ2n) is 8.17. The van der Waals surface area contributed by atoms with Crippen molar-refractivity contribution in [3.63, 3.8) is 0 Å². The molecule has 0 aliphatic heterocycles. The van der Waals surface area contributed by atoms with Crippen molar-refractivity contribution in [2.45, 2.75) is 23.6 Å². The van der Waals surface area contributed by atoms with Gasteiger partial charge in [0.25, 0.3) is 11.4 Å². The Hall–Kier alpha value is -5.40. The highest BCUT2D eigenvalue weighted by molar-refractivity contribution is 7.86. The molecule has 0 bridgehead atoms. The van der Waals surface area contributed by atoms with Gasteiger partial charge in [0, 0.05) is 34.0 Å². The predicted molar refractivity (Wildman–Crippen MR) is 145 cm³/mol. The fourth-order valence-corrected chi connectivity index (χ4v) is 4.71. The first-order valence-corrected chi connectivity index (χ1v) is 14.0. The Balaban J connectivity index is 0.000000228. The summed E-state index contributed by atoms with van der Waals surface area (Å²) in [6, 6.07) is 15.3. The van der Waals surface area contributed by atoms with Crippen molar-refractivity contribution in [1.29, 1.82) is 10.8 Å². The topological polar surface area (TPSA) is 257 Å². The Kier molecular flexibility index (Phi) is 10.4. The summed E-state index contributed by atoms with van der Waals surface area (Å²) in [7, 11) is -9.48. The van der Waals surface area contributed by atoms with Crippen LogP contribution in [-0.4, -0.2) is 35.8 Å². The van der Waals surface area contributed by atoms with Gasteiger partial charge in [-0.05, 0) is 38.1 Å². The maximum atomic E-state index is 11.0. The van der Waals surface area contributed by atoms with E-state index in [4.69, 9.17) is 10.8 Å². The third-order valence-corrected chi connectivity index (χ3v) is 7.19. The van der Waals surface area contributed by atoms with Crippen LogP contribution in [0.1, 0.15) is 11.1 Å². The predicted octanol–water partition coefficient (Wildman–Crippen LogP) is 5.42. The summed E-state index contributed by atoms with van der Waals surface area (Å²) >= 11 is 0. The Morgan fingerprint density at radius 3 is 1.21 bits per heavy atom. The molecule has 0 fully saturated rings. The molecule has 42 heavy (non-hydrogen) atoms. The van der Waals surface area contributed by atoms with Crippen LogP contribution in [0, 0.1) is 44.9 Å². The van der Waals surface area contributed by atoms with Gasteiger partial charge in [0.2, 0.25) is 10.8 Å². The van der Waals surface area contributed by atoms with Crippen molar-refractivity contribution in [2.75, 3.05) is 0 Å². The van der Waals surface area contributed by atoms with Crippen LogP contribution in [0.25, 0.3) is 20.7 Å². The number of aryl methyl sites for hydroxylation is 2. The van der Waals surface area contributed by atoms with Gasteiger partial charge in [0.15, 0.2) is 9.95 Å². The van der Waals surface area contributed by atoms with E-state index in [9.17, 15) is 46.2 Å². The normalized spacial score (nSPS) is 10.6. The number of nitro benzene ring substituents is 2. The zero-order valence-electron chi connectivity index (χ0n) is 21.5. The van der Waals surface area contributed by atoms with Crippen molar-refractivity contribution in [3.8, 4) is 0 Å². The molecule has 0 heterocycles. The van der Waals surface area contributed by atoms with E-state index in [0.717, 1.165) is 12.1 Å². The number of nitrogens with zero attached hydrogens (tertiary/aromatic N) is 6. The van der Waals surface area contributed by atoms with Crippen molar-refractivity contribution >= 4 is 53.8 Å². The molecule has 0 amide bonds. The molecule has 0 saturated carbocycles. The fraction of sp³-hybridized carbons (Fsp3) is 0.0833. The van der Waals surface area contributed by atoms with E-state index in [0.29, 0.717) is 11.1 Å². The van der Waals surface area contributed by atoms with Gasteiger partial charge in [-0.2, -0.15) is 0 Å². The Morgan fingerprint density at radius 2 is 0.952 bits per heavy atom. The molecule has 4 aromatic carbocycles. The molecule has 0 aliphatic rings. The number of non-ortho nitro benzene ring substituents is 2. The van der Waals surface area contributed by atoms with E-state index in [1.165, 1.54) is 60.7 Å². The molecule has 4 aromatic rings. The summed E-state index contributed by atoms with van der Waals surface area (Å²) in [5, 5.41) is 37.2. The first-order chi connectivity index (χ1) is 19.5. The summed E-state index contributed by atoms with van der Waals surface area (Å²) in [5.74, 6) is 0. The van der Waals surface area contributed by atoms with Gasteiger partial charge in [-0.15, -0.1) is 0 Å². The molecule has 0 spiro atoms. The summed E-state index contributed by atoms with van der Waals surface area (Å²) < 4.78 is 66.1. The Bertz CT molecular complexity index is 1860. The van der Waals surface area contributed by atoms with E-state index in [-0.39, 0.29) is 33.5 Å². The van der Waals surface area contributed by atoms with Crippen molar-refractivity contribution in [3.05, 3.63) is 114 Å². The summed E-state index contributed by atoms with van der Waals surface area (Å²) in [6.45, 7) is 3.41. The minimum Gasteiger partial charge on any atom is -0.744 e. The number of fused-ring (bicyclic) bond motifs is 1. The summed E-state index contributed by atoms with van der Waals surface area (Å²) in [6.07, 6.45) is 0. The number of benzene rings is 4. The zero-order valence-corrected chi connectivity index (χ0v) is 23.1. The minimum absolute atomic E-state index is 0.0756. The molecular formula is C24H18N6O10S2. The Labute approximate surface area is 237 Å². The number of hydrogen-bond acceptors (Lipinski definition) is 12. The SMILES string of the molecule is Cc1ccc([N+](=O)[O-])cc1[N+]#N.Cc1ccc([N+](=O)[O-])cc1[N+]#N.O=S(=O)([O-])c1cccc2c(S(=O)(=O)[O-])cccc12. The highest BCUT2D eigenvalue weighted by Crippen LogP contribution is 2.28. The van der Waals surface area contributed by atoms with Crippen LogP contribution in [0.4, 0.5) is 22.7 Å². The van der Waals surface area contributed by atoms with E-state index in [1.54, 1.807) is 13.8 Å². The first-order valence-electron chi connectivity index (χ1n) is 11.1. The van der Waals surface area contributed by atoms with Crippen LogP contribution in [0.2, 0.25) is 0 Å². The average molecular weight is 615 g/mol. The number of diazo groups is 2. The van der Waals surface area contributed by atoms with E-state index >= 15 is 0 Å². The molecule has 216 valence electrons. The van der Waals surface area contributed by atoms with Gasteiger partial charge in [-0.3, -0.25) is 20.2 Å². The Morgan fingerprint density at radius 1 is 0.619 bits per heavy atom. The standard InChI is InChI=1S/C10H8O6S2.2C7H6N3O2/c11-17(12,13)9-5-1-3-7-8(9)4-2-6-10(7)18(14,15)16;2*1-5-2-3-6(10(11)12)4-7(5)9-8/h1-6H,(H,11,12,13)(H,14,15,16);2*2-4H,1H3/q;2*+1/p-2. The molecule has 0 saturated heterocycles. The van der Waals surface area contributed by atoms with Gasteiger partial charge >= 0.3 is 11.4 Å². The van der Waals surface area contributed by atoms with Crippen LogP contribution in [0.5, 0.6) is 0 Å². The maximum Gasteiger partial charge on any atom is 0.394 e. The van der Waals surface area contributed by atoms with Crippen molar-refractivity contribution in [2.24, 2.45) is 0 Å². The highest BCUT2D eigenvalue weighted by Gasteiger charge is 2.17. The van der Waals surface area contributed by atoms with Gasteiger partial charge in [-0.1, -0.05) is 24.3 Å². The summed E-state index contributed by atoms with van der Waals surface area (Å²) in [5.41, 5.74) is 1.70. The monoisotopic (exact) mass is 614 g/mol. The smallest absolute Gasteiger partial charge is 0.394 e. The number of rotatable bonds is 4. The van der Waals surface area contributed by atoms with Gasteiger partial charge in [0.05, 0.1) is 19.6 Å². The van der Waals surface area contributed by atoms with E-state index in [1.807, 2.05) is 0 Å². The molecule has 0 N–H and O–H groups in total. The third kappa shape index (κ3) is 8.30. The van der Waals surface area contributed by atoms with Gasteiger partial charge in [-0.25, -0.2) is 16.8 Å². The third-order valence-electron chi connectivity index (χ3n) is 5.40.